The Morgan fingerprint density at radius 1 is 1.25 bits per heavy atom. The lowest BCUT2D eigenvalue weighted by molar-refractivity contribution is 0.278. The van der Waals surface area contributed by atoms with Crippen molar-refractivity contribution in [2.75, 3.05) is 13.7 Å². The number of nitrogens with zero attached hydrogens (tertiary/aromatic N) is 1. The van der Waals surface area contributed by atoms with Crippen molar-refractivity contribution in [3.05, 3.63) is 23.8 Å². The van der Waals surface area contributed by atoms with Crippen LogP contribution in [-0.2, 0) is 5.33 Å². The first kappa shape index (κ1) is 16.8. The highest BCUT2D eigenvalue weighted by Gasteiger charge is 2.15. The zero-order valence-corrected chi connectivity index (χ0v) is 14.0. The predicted octanol–water partition coefficient (Wildman–Crippen LogP) is 4.69. The number of unbranched alkanes of at least 4 members (excludes halogenated alkanes) is 1. The van der Waals surface area contributed by atoms with Gasteiger partial charge in [-0.15, -0.1) is 0 Å². The van der Waals surface area contributed by atoms with Crippen LogP contribution in [0.15, 0.2) is 18.2 Å². The third-order valence-corrected chi connectivity index (χ3v) is 3.79. The summed E-state index contributed by atoms with van der Waals surface area (Å²) < 4.78 is 11.1. The number of halogens is 1. The van der Waals surface area contributed by atoms with Gasteiger partial charge in [0.15, 0.2) is 11.5 Å². The molecule has 20 heavy (non-hydrogen) atoms. The standard InChI is InChI=1S/C16H22BrNO2/c1-16(2,12-18)8-4-5-9-20-14-7-6-13(11-17)10-15(14)19-3/h6-7,10H,4-5,8-9,11H2,1-3H3. The number of hydrogen-bond donors (Lipinski definition) is 0. The maximum absolute atomic E-state index is 8.94. The summed E-state index contributed by atoms with van der Waals surface area (Å²) in [5.41, 5.74) is 0.917. The van der Waals surface area contributed by atoms with Gasteiger partial charge in [0.05, 0.1) is 25.2 Å². The molecule has 0 amide bonds. The van der Waals surface area contributed by atoms with Crippen LogP contribution < -0.4 is 9.47 Å². The van der Waals surface area contributed by atoms with E-state index in [-0.39, 0.29) is 5.41 Å². The second-order valence-electron chi connectivity index (χ2n) is 5.42. The van der Waals surface area contributed by atoms with E-state index < -0.39 is 0 Å². The zero-order valence-electron chi connectivity index (χ0n) is 12.4. The molecule has 0 radical (unpaired) electrons. The summed E-state index contributed by atoms with van der Waals surface area (Å²) >= 11 is 3.42. The summed E-state index contributed by atoms with van der Waals surface area (Å²) in [5.74, 6) is 1.54. The molecule has 0 N–H and O–H groups in total. The Morgan fingerprint density at radius 3 is 2.60 bits per heavy atom. The number of hydrogen-bond acceptors (Lipinski definition) is 3. The van der Waals surface area contributed by atoms with Crippen molar-refractivity contribution in [1.29, 1.82) is 5.26 Å². The van der Waals surface area contributed by atoms with Gasteiger partial charge in [-0.3, -0.25) is 0 Å². The lowest BCUT2D eigenvalue weighted by Gasteiger charge is -2.15. The van der Waals surface area contributed by atoms with Crippen LogP contribution in [0.25, 0.3) is 0 Å². The molecule has 0 aromatic heterocycles. The second kappa shape index (κ2) is 8.16. The van der Waals surface area contributed by atoms with Gasteiger partial charge in [0.25, 0.3) is 0 Å². The van der Waals surface area contributed by atoms with Crippen molar-refractivity contribution in [1.82, 2.24) is 0 Å². The summed E-state index contributed by atoms with van der Waals surface area (Å²) in [6, 6.07) is 8.25. The number of nitriles is 1. The number of benzene rings is 1. The van der Waals surface area contributed by atoms with E-state index in [9.17, 15) is 0 Å². The third kappa shape index (κ3) is 5.42. The van der Waals surface area contributed by atoms with Crippen molar-refractivity contribution in [3.63, 3.8) is 0 Å². The lowest BCUT2D eigenvalue weighted by atomic mass is 9.89. The smallest absolute Gasteiger partial charge is 0.161 e. The summed E-state index contributed by atoms with van der Waals surface area (Å²) in [6.07, 6.45) is 2.82. The first-order chi connectivity index (χ1) is 9.52. The van der Waals surface area contributed by atoms with Gasteiger partial charge in [0, 0.05) is 5.33 Å². The molecular formula is C16H22BrNO2. The van der Waals surface area contributed by atoms with Crippen LogP contribution in [0.4, 0.5) is 0 Å². The molecule has 1 aromatic rings. The van der Waals surface area contributed by atoms with Crippen LogP contribution in [0.5, 0.6) is 11.5 Å². The molecule has 0 bridgehead atoms. The average molecular weight is 340 g/mol. The van der Waals surface area contributed by atoms with Crippen molar-refractivity contribution >= 4 is 15.9 Å². The first-order valence-corrected chi connectivity index (χ1v) is 7.91. The Morgan fingerprint density at radius 2 is 2.00 bits per heavy atom. The van der Waals surface area contributed by atoms with Crippen LogP contribution >= 0.6 is 15.9 Å². The highest BCUT2D eigenvalue weighted by atomic mass is 79.9. The van der Waals surface area contributed by atoms with E-state index in [0.717, 1.165) is 41.7 Å². The number of ether oxygens (including phenoxy) is 2. The molecule has 0 aliphatic rings. The minimum absolute atomic E-state index is 0.241. The van der Waals surface area contributed by atoms with Crippen molar-refractivity contribution in [3.8, 4) is 17.6 Å². The van der Waals surface area contributed by atoms with E-state index in [2.05, 4.69) is 22.0 Å². The maximum atomic E-state index is 8.94. The van der Waals surface area contributed by atoms with Gasteiger partial charge < -0.3 is 9.47 Å². The van der Waals surface area contributed by atoms with Gasteiger partial charge in [0.2, 0.25) is 0 Å². The molecule has 1 rings (SSSR count). The highest BCUT2D eigenvalue weighted by Crippen LogP contribution is 2.29. The van der Waals surface area contributed by atoms with E-state index in [1.54, 1.807) is 7.11 Å². The summed E-state index contributed by atoms with van der Waals surface area (Å²) in [6.45, 7) is 4.58. The van der Waals surface area contributed by atoms with E-state index in [4.69, 9.17) is 14.7 Å². The number of methoxy groups -OCH3 is 1. The zero-order chi connectivity index (χ0) is 15.0. The molecule has 0 atom stereocenters. The second-order valence-corrected chi connectivity index (χ2v) is 5.98. The molecule has 0 aliphatic heterocycles. The lowest BCUT2D eigenvalue weighted by Crippen LogP contribution is -2.08. The van der Waals surface area contributed by atoms with Crippen LogP contribution in [0.2, 0.25) is 0 Å². The van der Waals surface area contributed by atoms with Crippen molar-refractivity contribution in [2.45, 2.75) is 38.4 Å². The van der Waals surface area contributed by atoms with Crippen LogP contribution in [0.1, 0.15) is 38.7 Å². The highest BCUT2D eigenvalue weighted by molar-refractivity contribution is 9.08. The molecule has 4 heteroatoms. The van der Waals surface area contributed by atoms with E-state index in [0.29, 0.717) is 6.61 Å². The van der Waals surface area contributed by atoms with Crippen molar-refractivity contribution < 1.29 is 9.47 Å². The largest absolute Gasteiger partial charge is 0.493 e. The predicted molar refractivity (Wildman–Crippen MR) is 84.4 cm³/mol. The van der Waals surface area contributed by atoms with E-state index in [1.165, 1.54) is 0 Å². The molecule has 0 spiro atoms. The van der Waals surface area contributed by atoms with Gasteiger partial charge >= 0.3 is 0 Å². The fourth-order valence-corrected chi connectivity index (χ4v) is 2.17. The molecule has 0 aliphatic carbocycles. The van der Waals surface area contributed by atoms with Crippen molar-refractivity contribution in [2.24, 2.45) is 5.41 Å². The Bertz CT molecular complexity index is 466. The third-order valence-electron chi connectivity index (χ3n) is 3.14. The van der Waals surface area contributed by atoms with Crippen LogP contribution in [0.3, 0.4) is 0 Å². The molecule has 1 aromatic carbocycles. The molecule has 0 fully saturated rings. The Hall–Kier alpha value is -1.21. The summed E-state index contributed by atoms with van der Waals surface area (Å²) in [7, 11) is 1.65. The fourth-order valence-electron chi connectivity index (χ4n) is 1.82. The molecule has 0 saturated heterocycles. The molecular weight excluding hydrogens is 318 g/mol. The molecule has 0 saturated carbocycles. The van der Waals surface area contributed by atoms with Gasteiger partial charge in [-0.2, -0.15) is 5.26 Å². The Balaban J connectivity index is 2.41. The molecule has 110 valence electrons. The monoisotopic (exact) mass is 339 g/mol. The van der Waals surface area contributed by atoms with Gasteiger partial charge in [-0.05, 0) is 50.8 Å². The maximum Gasteiger partial charge on any atom is 0.161 e. The summed E-state index contributed by atoms with van der Waals surface area (Å²) in [5, 5.41) is 9.74. The Kier molecular flexibility index (Phi) is 6.87. The van der Waals surface area contributed by atoms with Crippen LogP contribution in [0, 0.1) is 16.7 Å². The fraction of sp³-hybridized carbons (Fsp3) is 0.562. The Labute approximate surface area is 130 Å². The summed E-state index contributed by atoms with van der Waals surface area (Å²) in [4.78, 5) is 0. The van der Waals surface area contributed by atoms with E-state index >= 15 is 0 Å². The van der Waals surface area contributed by atoms with Gasteiger partial charge in [0.1, 0.15) is 0 Å². The molecule has 0 heterocycles. The minimum Gasteiger partial charge on any atom is -0.493 e. The minimum atomic E-state index is -0.241. The first-order valence-electron chi connectivity index (χ1n) is 6.79. The number of rotatable bonds is 8. The van der Waals surface area contributed by atoms with Crippen LogP contribution in [-0.4, -0.2) is 13.7 Å². The van der Waals surface area contributed by atoms with E-state index in [1.807, 2.05) is 32.0 Å². The molecule has 3 nitrogen and oxygen atoms in total. The topological polar surface area (TPSA) is 42.2 Å². The normalized spacial score (nSPS) is 10.9. The van der Waals surface area contributed by atoms with Gasteiger partial charge in [-0.1, -0.05) is 22.0 Å². The molecule has 0 unspecified atom stereocenters. The SMILES string of the molecule is COc1cc(CBr)ccc1OCCCCC(C)(C)C#N. The quantitative estimate of drug-likeness (QED) is 0.509. The van der Waals surface area contributed by atoms with Gasteiger partial charge in [-0.25, -0.2) is 0 Å². The average Bonchev–Trinajstić information content (AvgIpc) is 2.46. The number of alkyl halides is 1.